The Labute approximate surface area is 193 Å². The number of nitrogens with zero attached hydrogens (tertiary/aromatic N) is 2. The van der Waals surface area contributed by atoms with Crippen LogP contribution in [-0.4, -0.2) is 34.2 Å². The molecular weight excluding hydrogens is 444 g/mol. The van der Waals surface area contributed by atoms with Gasteiger partial charge >= 0.3 is 5.97 Å². The average Bonchev–Trinajstić information content (AvgIpc) is 3.56. The Bertz CT molecular complexity index is 1290. The molecule has 0 aliphatic carbocycles. The van der Waals surface area contributed by atoms with E-state index in [0.717, 1.165) is 22.7 Å². The van der Waals surface area contributed by atoms with Crippen molar-refractivity contribution < 1.29 is 23.5 Å². The number of amides is 2. The fraction of sp³-hybridized carbons (Fsp3) is 0.130. The Morgan fingerprint density at radius 1 is 1.03 bits per heavy atom. The van der Waals surface area contributed by atoms with Crippen molar-refractivity contribution in [1.29, 1.82) is 0 Å². The molecule has 0 bridgehead atoms. The van der Waals surface area contributed by atoms with Crippen molar-refractivity contribution in [2.24, 2.45) is 0 Å². The number of thiophene rings is 1. The molecular formula is C23H20N4O5S. The lowest BCUT2D eigenvalue weighted by Crippen LogP contribution is -2.21. The van der Waals surface area contributed by atoms with E-state index in [1.807, 2.05) is 37.3 Å². The fourth-order valence-corrected chi connectivity index (χ4v) is 3.91. The van der Waals surface area contributed by atoms with Crippen LogP contribution >= 0.6 is 11.3 Å². The molecule has 0 saturated heterocycles. The Morgan fingerprint density at radius 3 is 2.55 bits per heavy atom. The van der Waals surface area contributed by atoms with Gasteiger partial charge in [-0.25, -0.2) is 9.48 Å². The number of anilines is 2. The van der Waals surface area contributed by atoms with E-state index in [4.69, 9.17) is 9.15 Å². The molecule has 2 N–H and O–H groups in total. The maximum Gasteiger partial charge on any atom is 0.348 e. The Kier molecular flexibility index (Phi) is 6.36. The van der Waals surface area contributed by atoms with Crippen molar-refractivity contribution >= 4 is 39.8 Å². The molecule has 0 fully saturated rings. The number of benzene rings is 1. The molecule has 168 valence electrons. The summed E-state index contributed by atoms with van der Waals surface area (Å²) in [6.07, 6.45) is 1.40. The summed E-state index contributed by atoms with van der Waals surface area (Å²) in [4.78, 5) is 37.0. The molecule has 3 heterocycles. The first-order chi connectivity index (χ1) is 15.9. The lowest BCUT2D eigenvalue weighted by molar-refractivity contribution is -0.119. The largest absolute Gasteiger partial charge is 0.459 e. The summed E-state index contributed by atoms with van der Waals surface area (Å²) < 4.78 is 11.9. The second-order valence-corrected chi connectivity index (χ2v) is 8.10. The van der Waals surface area contributed by atoms with Gasteiger partial charge in [0.25, 0.3) is 11.8 Å². The van der Waals surface area contributed by atoms with Gasteiger partial charge in [-0.05, 0) is 50.2 Å². The number of carbonyl (C=O) groups is 3. The molecule has 9 nitrogen and oxygen atoms in total. The zero-order valence-electron chi connectivity index (χ0n) is 17.8. The number of furan rings is 1. The number of carbonyl (C=O) groups excluding carboxylic acids is 3. The standard InChI is InChI=1S/C23H20N4O5S/c1-14-21(15(2)27(26-14)16-7-4-3-5-8-16)24-19(28)13-32-23(30)18-10-11-20(33-18)25-22(29)17-9-6-12-31-17/h3-12H,13H2,1-2H3,(H,24,28)(H,25,29). The minimum atomic E-state index is -0.665. The summed E-state index contributed by atoms with van der Waals surface area (Å²) in [5, 5.41) is 10.3. The molecule has 0 unspecified atom stereocenters. The van der Waals surface area contributed by atoms with Crippen LogP contribution in [0.1, 0.15) is 31.6 Å². The van der Waals surface area contributed by atoms with E-state index in [1.54, 1.807) is 23.7 Å². The first-order valence-corrected chi connectivity index (χ1v) is 10.8. The molecule has 2 amide bonds. The van der Waals surface area contributed by atoms with Crippen molar-refractivity contribution in [2.45, 2.75) is 13.8 Å². The van der Waals surface area contributed by atoms with Crippen LogP contribution in [0.5, 0.6) is 0 Å². The zero-order valence-corrected chi connectivity index (χ0v) is 18.6. The predicted octanol–water partition coefficient (Wildman–Crippen LogP) is 4.19. The Balaban J connectivity index is 1.33. The van der Waals surface area contributed by atoms with Gasteiger partial charge in [-0.3, -0.25) is 9.59 Å². The van der Waals surface area contributed by atoms with Gasteiger partial charge in [-0.15, -0.1) is 11.3 Å². The highest BCUT2D eigenvalue weighted by molar-refractivity contribution is 7.18. The number of esters is 1. The van der Waals surface area contributed by atoms with E-state index >= 15 is 0 Å². The highest BCUT2D eigenvalue weighted by Gasteiger charge is 2.18. The van der Waals surface area contributed by atoms with Crippen molar-refractivity contribution in [3.05, 3.63) is 82.9 Å². The number of para-hydroxylation sites is 1. The van der Waals surface area contributed by atoms with Gasteiger partial charge in [0.1, 0.15) is 4.88 Å². The summed E-state index contributed by atoms with van der Waals surface area (Å²) >= 11 is 1.03. The maximum atomic E-state index is 12.4. The number of hydrogen-bond acceptors (Lipinski definition) is 7. The van der Waals surface area contributed by atoms with Gasteiger partial charge in [-0.2, -0.15) is 5.10 Å². The van der Waals surface area contributed by atoms with Gasteiger partial charge in [0.2, 0.25) is 0 Å². The minimum absolute atomic E-state index is 0.158. The quantitative estimate of drug-likeness (QED) is 0.396. The summed E-state index contributed by atoms with van der Waals surface area (Å²) in [5.41, 5.74) is 2.84. The lowest BCUT2D eigenvalue weighted by atomic mass is 10.3. The number of rotatable bonds is 7. The normalized spacial score (nSPS) is 10.6. The van der Waals surface area contributed by atoms with Crippen LogP contribution < -0.4 is 10.6 Å². The van der Waals surface area contributed by atoms with Crippen LogP contribution in [0.2, 0.25) is 0 Å². The topological polar surface area (TPSA) is 115 Å². The van der Waals surface area contributed by atoms with E-state index in [1.165, 1.54) is 18.4 Å². The number of aromatic nitrogens is 2. The maximum absolute atomic E-state index is 12.4. The monoisotopic (exact) mass is 464 g/mol. The van der Waals surface area contributed by atoms with Gasteiger partial charge < -0.3 is 19.8 Å². The van der Waals surface area contributed by atoms with Gasteiger partial charge in [-0.1, -0.05) is 18.2 Å². The number of ether oxygens (including phenoxy) is 1. The Hall–Kier alpha value is -4.18. The van der Waals surface area contributed by atoms with E-state index in [0.29, 0.717) is 16.4 Å². The molecule has 0 radical (unpaired) electrons. The molecule has 10 heteroatoms. The molecule has 0 spiro atoms. The second-order valence-electron chi connectivity index (χ2n) is 7.01. The summed E-state index contributed by atoms with van der Waals surface area (Å²) in [6, 6.07) is 15.8. The molecule has 0 atom stereocenters. The molecule has 3 aromatic heterocycles. The van der Waals surface area contributed by atoms with Crippen LogP contribution in [-0.2, 0) is 9.53 Å². The van der Waals surface area contributed by atoms with Gasteiger partial charge in [0.05, 0.1) is 34.0 Å². The molecule has 0 aliphatic rings. The number of aryl methyl sites for hydroxylation is 1. The number of nitrogens with one attached hydrogen (secondary N) is 2. The van der Waals surface area contributed by atoms with Crippen LogP contribution in [0, 0.1) is 13.8 Å². The van der Waals surface area contributed by atoms with Crippen molar-refractivity contribution in [1.82, 2.24) is 9.78 Å². The molecule has 4 rings (SSSR count). The first-order valence-electron chi connectivity index (χ1n) is 9.95. The van der Waals surface area contributed by atoms with Crippen LogP contribution in [0.3, 0.4) is 0 Å². The van der Waals surface area contributed by atoms with E-state index in [2.05, 4.69) is 15.7 Å². The van der Waals surface area contributed by atoms with Crippen LogP contribution in [0.25, 0.3) is 5.69 Å². The van der Waals surface area contributed by atoms with E-state index in [9.17, 15) is 14.4 Å². The Morgan fingerprint density at radius 2 is 1.82 bits per heavy atom. The fourth-order valence-electron chi connectivity index (χ4n) is 3.12. The molecule has 1 aromatic carbocycles. The smallest absolute Gasteiger partial charge is 0.348 e. The molecule has 33 heavy (non-hydrogen) atoms. The van der Waals surface area contributed by atoms with Crippen molar-refractivity contribution in [3.8, 4) is 5.69 Å². The number of hydrogen-bond donors (Lipinski definition) is 2. The SMILES string of the molecule is Cc1nn(-c2ccccc2)c(C)c1NC(=O)COC(=O)c1ccc(NC(=O)c2ccco2)s1. The lowest BCUT2D eigenvalue weighted by Gasteiger charge is -2.07. The summed E-state index contributed by atoms with van der Waals surface area (Å²) in [6.45, 7) is 3.18. The highest BCUT2D eigenvalue weighted by atomic mass is 32.1. The van der Waals surface area contributed by atoms with Gasteiger partial charge in [0, 0.05) is 0 Å². The minimum Gasteiger partial charge on any atom is -0.459 e. The molecule has 0 aliphatic heterocycles. The van der Waals surface area contributed by atoms with E-state index < -0.39 is 24.4 Å². The van der Waals surface area contributed by atoms with Crippen molar-refractivity contribution in [3.63, 3.8) is 0 Å². The van der Waals surface area contributed by atoms with Crippen LogP contribution in [0.4, 0.5) is 10.7 Å². The predicted molar refractivity (Wildman–Crippen MR) is 123 cm³/mol. The zero-order chi connectivity index (χ0) is 23.4. The van der Waals surface area contributed by atoms with Crippen LogP contribution in [0.15, 0.2) is 65.3 Å². The third-order valence-corrected chi connectivity index (χ3v) is 5.66. The second kappa shape index (κ2) is 9.53. The molecule has 4 aromatic rings. The summed E-state index contributed by atoms with van der Waals surface area (Å²) in [5.74, 6) is -1.42. The first kappa shape index (κ1) is 22.0. The molecule has 0 saturated carbocycles. The van der Waals surface area contributed by atoms with E-state index in [-0.39, 0.29) is 10.6 Å². The summed E-state index contributed by atoms with van der Waals surface area (Å²) in [7, 11) is 0. The third-order valence-electron chi connectivity index (χ3n) is 4.68. The highest BCUT2D eigenvalue weighted by Crippen LogP contribution is 2.24. The third kappa shape index (κ3) is 5.01. The average molecular weight is 465 g/mol. The van der Waals surface area contributed by atoms with Gasteiger partial charge in [0.15, 0.2) is 12.4 Å². The van der Waals surface area contributed by atoms with Crippen molar-refractivity contribution in [2.75, 3.05) is 17.2 Å².